The van der Waals surface area contributed by atoms with Crippen molar-refractivity contribution in [1.82, 2.24) is 4.90 Å². The van der Waals surface area contributed by atoms with Crippen LogP contribution in [0.3, 0.4) is 0 Å². The fourth-order valence-corrected chi connectivity index (χ4v) is 6.33. The summed E-state index contributed by atoms with van der Waals surface area (Å²) in [6.07, 6.45) is 7.80. The number of imide groups is 1. The van der Waals surface area contributed by atoms with Gasteiger partial charge in [-0.1, -0.05) is 29.9 Å². The molecular weight excluding hydrogens is 470 g/mol. The number of fused-ring (bicyclic) bond motifs is 3. The van der Waals surface area contributed by atoms with Gasteiger partial charge in [0.1, 0.15) is 0 Å². The van der Waals surface area contributed by atoms with Gasteiger partial charge in [-0.25, -0.2) is 0 Å². The first-order valence-corrected chi connectivity index (χ1v) is 12.6. The molecule has 1 aliphatic heterocycles. The van der Waals surface area contributed by atoms with E-state index in [-0.39, 0.29) is 41.5 Å². The van der Waals surface area contributed by atoms with Crippen LogP contribution in [-0.2, 0) is 19.2 Å². The number of carbonyl (C=O) groups is 4. The molecule has 1 saturated heterocycles. The first kappa shape index (κ1) is 24.9. The molecule has 0 saturated carbocycles. The van der Waals surface area contributed by atoms with Crippen LogP contribution >= 0.6 is 0 Å². The van der Waals surface area contributed by atoms with E-state index in [1.807, 2.05) is 39.0 Å². The van der Waals surface area contributed by atoms with Gasteiger partial charge in [0.25, 0.3) is 0 Å². The van der Waals surface area contributed by atoms with Crippen LogP contribution in [0, 0.1) is 23.7 Å². The number of phenols is 1. The molecule has 1 N–H and O–H groups in total. The summed E-state index contributed by atoms with van der Waals surface area (Å²) in [5.74, 6) is -2.25. The number of amides is 2. The number of nitrogens with zero attached hydrogens (tertiary/aromatic N) is 1. The van der Waals surface area contributed by atoms with Crippen LogP contribution in [0.2, 0.25) is 0 Å². The number of methoxy groups -OCH3 is 1. The molecule has 4 atom stereocenters. The molecule has 37 heavy (non-hydrogen) atoms. The molecular formula is C30H31NO6. The second-order valence-electron chi connectivity index (χ2n) is 11.2. The Labute approximate surface area is 216 Å². The SMILES string of the molecule is COc1cc(C=CC2C3=CCC4C(=O)N(C(C)(C)C)C(=O)C4C3CC3=C2C(=O)C=C(C)C3=O)ccc1O. The molecule has 1 aromatic carbocycles. The average Bonchev–Trinajstić information content (AvgIpc) is 3.11. The number of hydrogen-bond acceptors (Lipinski definition) is 6. The molecule has 7 heteroatoms. The van der Waals surface area contributed by atoms with E-state index in [4.69, 9.17) is 4.74 Å². The number of ether oxygens (including phenoxy) is 1. The second kappa shape index (κ2) is 8.68. The molecule has 7 nitrogen and oxygen atoms in total. The molecule has 0 aromatic heterocycles. The number of aromatic hydroxyl groups is 1. The number of allylic oxidation sites excluding steroid dienone is 7. The molecule has 1 heterocycles. The van der Waals surface area contributed by atoms with Gasteiger partial charge in [0.2, 0.25) is 11.8 Å². The van der Waals surface area contributed by atoms with Crippen LogP contribution in [0.1, 0.15) is 46.1 Å². The third-order valence-electron chi connectivity index (χ3n) is 7.97. The number of likely N-dealkylation sites (tertiary alicyclic amines) is 1. The van der Waals surface area contributed by atoms with Crippen LogP contribution in [0.25, 0.3) is 6.08 Å². The van der Waals surface area contributed by atoms with Crippen LogP contribution in [0.5, 0.6) is 11.5 Å². The number of Topliss-reactive ketones (excluding diaryl/α,β-unsaturated/α-hetero) is 1. The standard InChI is InChI=1S/C30H31NO6/c1-15-12-23(33)25-18(8-6-16-7-11-22(32)24(13-16)37-5)17-9-10-19-26(20(17)14-21(25)27(15)34)29(36)31(28(19)35)30(2,3)4/h6-9,11-13,18-20,26,32H,10,14H2,1-5H3. The minimum atomic E-state index is -0.641. The Kier molecular flexibility index (Phi) is 5.85. The van der Waals surface area contributed by atoms with Gasteiger partial charge in [-0.05, 0) is 70.2 Å². The van der Waals surface area contributed by atoms with Crippen LogP contribution in [0.15, 0.2) is 58.7 Å². The maximum absolute atomic E-state index is 13.7. The van der Waals surface area contributed by atoms with Crippen molar-refractivity contribution in [3.63, 3.8) is 0 Å². The van der Waals surface area contributed by atoms with E-state index in [1.165, 1.54) is 24.2 Å². The summed E-state index contributed by atoms with van der Waals surface area (Å²) < 4.78 is 5.21. The maximum atomic E-state index is 13.7. The molecule has 1 fully saturated rings. The Balaban J connectivity index is 1.61. The molecule has 0 spiro atoms. The summed E-state index contributed by atoms with van der Waals surface area (Å²) in [5.41, 5.74) is 2.30. The van der Waals surface area contributed by atoms with Gasteiger partial charge >= 0.3 is 0 Å². The van der Waals surface area contributed by atoms with Gasteiger partial charge in [-0.15, -0.1) is 0 Å². The van der Waals surface area contributed by atoms with E-state index in [9.17, 15) is 24.3 Å². The van der Waals surface area contributed by atoms with Crippen molar-refractivity contribution in [3.8, 4) is 11.5 Å². The number of carbonyl (C=O) groups excluding carboxylic acids is 4. The third-order valence-corrected chi connectivity index (χ3v) is 7.97. The average molecular weight is 502 g/mol. The number of benzene rings is 1. The summed E-state index contributed by atoms with van der Waals surface area (Å²) >= 11 is 0. The minimum absolute atomic E-state index is 0.0184. The van der Waals surface area contributed by atoms with E-state index in [2.05, 4.69) is 0 Å². The lowest BCUT2D eigenvalue weighted by molar-refractivity contribution is -0.145. The molecule has 1 aromatic rings. The predicted molar refractivity (Wildman–Crippen MR) is 137 cm³/mol. The zero-order chi connectivity index (χ0) is 26.8. The Morgan fingerprint density at radius 3 is 2.49 bits per heavy atom. The van der Waals surface area contributed by atoms with Crippen LogP contribution < -0.4 is 4.74 Å². The van der Waals surface area contributed by atoms with Crippen molar-refractivity contribution in [2.24, 2.45) is 23.7 Å². The molecule has 4 aliphatic rings. The van der Waals surface area contributed by atoms with E-state index in [0.29, 0.717) is 28.9 Å². The van der Waals surface area contributed by atoms with Gasteiger partial charge in [-0.3, -0.25) is 24.1 Å². The maximum Gasteiger partial charge on any atom is 0.234 e. The van der Waals surface area contributed by atoms with E-state index in [1.54, 1.807) is 19.1 Å². The molecule has 2 amide bonds. The summed E-state index contributed by atoms with van der Waals surface area (Å²) in [5, 5.41) is 9.94. The summed E-state index contributed by atoms with van der Waals surface area (Å²) in [6.45, 7) is 7.19. The summed E-state index contributed by atoms with van der Waals surface area (Å²) in [7, 11) is 1.47. The molecule has 192 valence electrons. The number of phenolic OH excluding ortho intramolecular Hbond substituents is 1. The summed E-state index contributed by atoms with van der Waals surface area (Å²) in [4.78, 5) is 54.8. The van der Waals surface area contributed by atoms with Crippen molar-refractivity contribution in [2.45, 2.75) is 46.1 Å². The largest absolute Gasteiger partial charge is 0.504 e. The Morgan fingerprint density at radius 1 is 1.08 bits per heavy atom. The van der Waals surface area contributed by atoms with Crippen molar-refractivity contribution in [1.29, 1.82) is 0 Å². The normalized spacial score (nSPS) is 27.8. The third kappa shape index (κ3) is 3.88. The van der Waals surface area contributed by atoms with Crippen LogP contribution in [0.4, 0.5) is 0 Å². The van der Waals surface area contributed by atoms with Gasteiger partial charge < -0.3 is 9.84 Å². The quantitative estimate of drug-likeness (QED) is 0.379. The van der Waals surface area contributed by atoms with Gasteiger partial charge in [-0.2, -0.15) is 0 Å². The van der Waals surface area contributed by atoms with Crippen molar-refractivity contribution in [3.05, 3.63) is 64.3 Å². The lowest BCUT2D eigenvalue weighted by Crippen LogP contribution is -2.46. The van der Waals surface area contributed by atoms with Crippen LogP contribution in [-0.4, -0.2) is 46.0 Å². The highest BCUT2D eigenvalue weighted by molar-refractivity contribution is 6.23. The molecule has 5 rings (SSSR count). The Hall–Kier alpha value is -3.74. The lowest BCUT2D eigenvalue weighted by atomic mass is 9.60. The molecule has 0 radical (unpaired) electrons. The monoisotopic (exact) mass is 501 g/mol. The zero-order valence-electron chi connectivity index (χ0n) is 21.7. The first-order valence-electron chi connectivity index (χ1n) is 12.6. The summed E-state index contributed by atoms with van der Waals surface area (Å²) in [6, 6.07) is 4.95. The van der Waals surface area contributed by atoms with E-state index >= 15 is 0 Å². The predicted octanol–water partition coefficient (Wildman–Crippen LogP) is 4.17. The van der Waals surface area contributed by atoms with Crippen molar-refractivity contribution < 1.29 is 29.0 Å². The molecule has 4 unspecified atom stereocenters. The van der Waals surface area contributed by atoms with Gasteiger partial charge in [0, 0.05) is 28.2 Å². The Bertz CT molecular complexity index is 1370. The number of hydrogen-bond donors (Lipinski definition) is 1. The lowest BCUT2D eigenvalue weighted by Gasteiger charge is -2.41. The number of ketones is 2. The van der Waals surface area contributed by atoms with Crippen molar-refractivity contribution in [2.75, 3.05) is 7.11 Å². The highest BCUT2D eigenvalue weighted by Crippen LogP contribution is 2.53. The van der Waals surface area contributed by atoms with Crippen molar-refractivity contribution >= 4 is 29.5 Å². The molecule has 0 bridgehead atoms. The minimum Gasteiger partial charge on any atom is -0.504 e. The number of rotatable bonds is 3. The second-order valence-corrected chi connectivity index (χ2v) is 11.2. The van der Waals surface area contributed by atoms with Gasteiger partial charge in [0.05, 0.1) is 18.9 Å². The fourth-order valence-electron chi connectivity index (χ4n) is 6.33. The fraction of sp³-hybridized carbons (Fsp3) is 0.400. The zero-order valence-corrected chi connectivity index (χ0v) is 21.7. The highest BCUT2D eigenvalue weighted by atomic mass is 16.5. The van der Waals surface area contributed by atoms with Gasteiger partial charge in [0.15, 0.2) is 23.1 Å². The Morgan fingerprint density at radius 2 is 1.81 bits per heavy atom. The molecule has 3 aliphatic carbocycles. The topological polar surface area (TPSA) is 101 Å². The van der Waals surface area contributed by atoms with E-state index < -0.39 is 23.3 Å². The smallest absolute Gasteiger partial charge is 0.234 e. The highest BCUT2D eigenvalue weighted by Gasteiger charge is 2.57. The van der Waals surface area contributed by atoms with E-state index in [0.717, 1.165) is 11.1 Å². The first-order chi connectivity index (χ1) is 17.4.